The molecular weight excluding hydrogens is 314 g/mol. The van der Waals surface area contributed by atoms with Gasteiger partial charge in [-0.25, -0.2) is 4.98 Å². The fourth-order valence-corrected chi connectivity index (χ4v) is 4.47. The zero-order valence-electron chi connectivity index (χ0n) is 12.6. The van der Waals surface area contributed by atoms with Crippen molar-refractivity contribution in [3.63, 3.8) is 0 Å². The summed E-state index contributed by atoms with van der Waals surface area (Å²) in [6, 6.07) is 10.1. The average Bonchev–Trinajstić information content (AvgIpc) is 3.17. The van der Waals surface area contributed by atoms with Crippen LogP contribution in [0.5, 0.6) is 0 Å². The summed E-state index contributed by atoms with van der Waals surface area (Å²) in [5.41, 5.74) is 2.11. The van der Waals surface area contributed by atoms with Crippen LogP contribution in [-0.2, 0) is 4.79 Å². The topological polar surface area (TPSA) is 54.0 Å². The first-order valence-electron chi connectivity index (χ1n) is 7.29. The van der Waals surface area contributed by atoms with Crippen molar-refractivity contribution in [1.82, 2.24) is 15.6 Å². The summed E-state index contributed by atoms with van der Waals surface area (Å²) in [4.78, 5) is 18.0. The largest absolute Gasteiger partial charge is 0.347 e. The normalized spacial score (nSPS) is 19.1. The van der Waals surface area contributed by atoms with E-state index < -0.39 is 0 Å². The number of benzene rings is 1. The molecule has 116 valence electrons. The molecule has 1 aliphatic heterocycles. The quantitative estimate of drug-likeness (QED) is 0.903. The van der Waals surface area contributed by atoms with E-state index in [1.165, 1.54) is 0 Å². The number of thiazole rings is 1. The van der Waals surface area contributed by atoms with Crippen molar-refractivity contribution in [2.45, 2.75) is 25.9 Å². The molecule has 1 aromatic carbocycles. The maximum Gasteiger partial charge on any atom is 0.238 e. The number of amides is 1. The lowest BCUT2D eigenvalue weighted by atomic mass is 10.2. The number of rotatable bonds is 4. The molecule has 6 heteroatoms. The van der Waals surface area contributed by atoms with Gasteiger partial charge in [0.25, 0.3) is 0 Å². The van der Waals surface area contributed by atoms with Crippen LogP contribution < -0.4 is 10.6 Å². The molecule has 0 bridgehead atoms. The third kappa shape index (κ3) is 3.34. The molecule has 2 unspecified atom stereocenters. The first kappa shape index (κ1) is 15.5. The average molecular weight is 333 g/mol. The predicted octanol–water partition coefficient (Wildman–Crippen LogP) is 2.96. The lowest BCUT2D eigenvalue weighted by Gasteiger charge is -2.16. The highest BCUT2D eigenvalue weighted by Crippen LogP contribution is 2.31. The molecule has 0 radical (unpaired) electrons. The smallest absolute Gasteiger partial charge is 0.238 e. The monoisotopic (exact) mass is 333 g/mol. The Morgan fingerprint density at radius 1 is 1.41 bits per heavy atom. The summed E-state index contributed by atoms with van der Waals surface area (Å²) in [6.45, 7) is 4.03. The van der Waals surface area contributed by atoms with E-state index in [0.717, 1.165) is 32.8 Å². The van der Waals surface area contributed by atoms with Gasteiger partial charge in [-0.1, -0.05) is 30.3 Å². The molecule has 22 heavy (non-hydrogen) atoms. The van der Waals surface area contributed by atoms with Gasteiger partial charge in [0.05, 0.1) is 22.7 Å². The van der Waals surface area contributed by atoms with Crippen molar-refractivity contribution in [2.24, 2.45) is 0 Å². The third-order valence-electron chi connectivity index (χ3n) is 3.64. The van der Waals surface area contributed by atoms with Crippen LogP contribution in [0.2, 0.25) is 0 Å². The van der Waals surface area contributed by atoms with Crippen LogP contribution in [0, 0.1) is 6.92 Å². The van der Waals surface area contributed by atoms with E-state index in [9.17, 15) is 4.79 Å². The van der Waals surface area contributed by atoms with Crippen LogP contribution in [0.15, 0.2) is 30.3 Å². The van der Waals surface area contributed by atoms with E-state index in [0.29, 0.717) is 0 Å². The maximum absolute atomic E-state index is 12.2. The first-order valence-corrected chi connectivity index (χ1v) is 9.26. The maximum atomic E-state index is 12.2. The molecule has 0 spiro atoms. The summed E-state index contributed by atoms with van der Waals surface area (Å²) in [6.07, 6.45) is 0. The summed E-state index contributed by atoms with van der Waals surface area (Å²) in [5, 5.41) is 7.30. The Kier molecular flexibility index (Phi) is 4.81. The standard InChI is InChI=1S/C16H19N3OS2/c1-10(18-15(20)13-8-21-9-17-13)14-11(2)19-16(22-14)12-6-4-3-5-7-12/h3-7,10,13,17H,8-9H2,1-2H3,(H,18,20). The molecule has 1 amide bonds. The van der Waals surface area contributed by atoms with E-state index in [4.69, 9.17) is 0 Å². The van der Waals surface area contributed by atoms with E-state index in [1.807, 2.05) is 32.0 Å². The van der Waals surface area contributed by atoms with Gasteiger partial charge in [-0.3, -0.25) is 10.1 Å². The molecule has 2 heterocycles. The van der Waals surface area contributed by atoms with Crippen molar-refractivity contribution in [3.8, 4) is 10.6 Å². The number of hydrogen-bond donors (Lipinski definition) is 2. The second-order valence-electron chi connectivity index (χ2n) is 5.34. The molecule has 1 aromatic heterocycles. The fourth-order valence-electron chi connectivity index (χ4n) is 2.46. The van der Waals surface area contributed by atoms with E-state index >= 15 is 0 Å². The third-order valence-corrected chi connectivity index (χ3v) is 5.97. The van der Waals surface area contributed by atoms with E-state index in [2.05, 4.69) is 27.8 Å². The molecule has 2 atom stereocenters. The van der Waals surface area contributed by atoms with Gasteiger partial charge < -0.3 is 5.32 Å². The van der Waals surface area contributed by atoms with Crippen LogP contribution in [0.4, 0.5) is 0 Å². The Morgan fingerprint density at radius 2 is 2.18 bits per heavy atom. The van der Waals surface area contributed by atoms with Gasteiger partial charge >= 0.3 is 0 Å². The Balaban J connectivity index is 1.74. The lowest BCUT2D eigenvalue weighted by molar-refractivity contribution is -0.123. The molecule has 2 aromatic rings. The molecule has 1 fully saturated rings. The second-order valence-corrected chi connectivity index (χ2v) is 7.40. The number of nitrogens with zero attached hydrogens (tertiary/aromatic N) is 1. The number of nitrogens with one attached hydrogen (secondary N) is 2. The highest BCUT2D eigenvalue weighted by atomic mass is 32.2. The van der Waals surface area contributed by atoms with Gasteiger partial charge in [0.1, 0.15) is 5.01 Å². The Labute approximate surface area is 138 Å². The molecule has 0 saturated carbocycles. The van der Waals surface area contributed by atoms with Crippen molar-refractivity contribution in [2.75, 3.05) is 11.6 Å². The lowest BCUT2D eigenvalue weighted by Crippen LogP contribution is -2.42. The second kappa shape index (κ2) is 6.81. The van der Waals surface area contributed by atoms with Gasteiger partial charge in [0.15, 0.2) is 0 Å². The highest BCUT2D eigenvalue weighted by Gasteiger charge is 2.25. The van der Waals surface area contributed by atoms with Crippen molar-refractivity contribution < 1.29 is 4.79 Å². The van der Waals surface area contributed by atoms with Crippen LogP contribution in [-0.4, -0.2) is 28.6 Å². The number of carbonyl (C=O) groups excluding carboxylic acids is 1. The Bertz CT molecular complexity index is 651. The van der Waals surface area contributed by atoms with Crippen LogP contribution >= 0.6 is 23.1 Å². The van der Waals surface area contributed by atoms with Crippen LogP contribution in [0.3, 0.4) is 0 Å². The molecule has 2 N–H and O–H groups in total. The number of hydrogen-bond acceptors (Lipinski definition) is 5. The van der Waals surface area contributed by atoms with Crippen molar-refractivity contribution in [3.05, 3.63) is 40.9 Å². The predicted molar refractivity (Wildman–Crippen MR) is 93.1 cm³/mol. The Morgan fingerprint density at radius 3 is 2.86 bits per heavy atom. The van der Waals surface area contributed by atoms with Gasteiger partial charge in [-0.2, -0.15) is 0 Å². The van der Waals surface area contributed by atoms with Gasteiger partial charge in [-0.15, -0.1) is 23.1 Å². The van der Waals surface area contributed by atoms with E-state index in [1.54, 1.807) is 23.1 Å². The van der Waals surface area contributed by atoms with Crippen LogP contribution in [0.25, 0.3) is 10.6 Å². The summed E-state index contributed by atoms with van der Waals surface area (Å²) in [7, 11) is 0. The van der Waals surface area contributed by atoms with Gasteiger partial charge in [0, 0.05) is 17.2 Å². The molecular formula is C16H19N3OS2. The SMILES string of the molecule is Cc1nc(-c2ccccc2)sc1C(C)NC(=O)C1CSCN1. The molecule has 3 rings (SSSR count). The first-order chi connectivity index (χ1) is 10.6. The summed E-state index contributed by atoms with van der Waals surface area (Å²) in [5.74, 6) is 1.77. The minimum absolute atomic E-state index is 0.0186. The number of carbonyl (C=O) groups is 1. The van der Waals surface area contributed by atoms with Gasteiger partial charge in [0.2, 0.25) is 5.91 Å². The van der Waals surface area contributed by atoms with Gasteiger partial charge in [-0.05, 0) is 13.8 Å². The molecule has 1 aliphatic rings. The molecule has 1 saturated heterocycles. The highest BCUT2D eigenvalue weighted by molar-refractivity contribution is 7.99. The summed E-state index contributed by atoms with van der Waals surface area (Å²) >= 11 is 3.41. The minimum Gasteiger partial charge on any atom is -0.347 e. The van der Waals surface area contributed by atoms with E-state index in [-0.39, 0.29) is 18.0 Å². The van der Waals surface area contributed by atoms with Crippen LogP contribution in [0.1, 0.15) is 23.5 Å². The minimum atomic E-state index is -0.0747. The molecule has 0 aliphatic carbocycles. The zero-order valence-corrected chi connectivity index (χ0v) is 14.3. The van der Waals surface area contributed by atoms with Crippen molar-refractivity contribution >= 4 is 29.0 Å². The molecule has 4 nitrogen and oxygen atoms in total. The summed E-state index contributed by atoms with van der Waals surface area (Å²) < 4.78 is 0. The fraction of sp³-hybridized carbons (Fsp3) is 0.375. The number of aromatic nitrogens is 1. The zero-order chi connectivity index (χ0) is 15.5. The number of aryl methyl sites for hydroxylation is 1. The number of thioether (sulfide) groups is 1. The van der Waals surface area contributed by atoms with Crippen molar-refractivity contribution in [1.29, 1.82) is 0 Å². The Hall–Kier alpha value is -1.37.